The number of aliphatic hydroxyl groups is 8. The zero-order valence-electron chi connectivity index (χ0n) is 23.6. The second-order valence-corrected chi connectivity index (χ2v) is 5.64. The molecule has 0 aromatic heterocycles. The van der Waals surface area contributed by atoms with Gasteiger partial charge in [-0.3, -0.25) is 0 Å². The Morgan fingerprint density at radius 1 is 0.375 bits per heavy atom. The molecule has 12 heteroatoms. The molecule has 12 nitrogen and oxygen atoms in total. The molecule has 0 aromatic rings. The van der Waals surface area contributed by atoms with Crippen molar-refractivity contribution in [2.24, 2.45) is 0 Å². The van der Waals surface area contributed by atoms with Crippen LogP contribution >= 0.6 is 0 Å². The Hall–Kier alpha value is -0.480. The van der Waals surface area contributed by atoms with E-state index in [-0.39, 0.29) is 74.1 Å². The van der Waals surface area contributed by atoms with E-state index in [9.17, 15) is 0 Å². The lowest BCUT2D eigenvalue weighted by Gasteiger charge is -1.80. The number of quaternary nitrogens is 2. The zero-order chi connectivity index (χ0) is 25.1. The van der Waals surface area contributed by atoms with Crippen molar-refractivity contribution >= 4 is 0 Å². The van der Waals surface area contributed by atoms with Gasteiger partial charge in [-0.05, 0) is 83.1 Å². The Morgan fingerprint density at radius 2 is 0.375 bits per heavy atom. The van der Waals surface area contributed by atoms with Crippen molar-refractivity contribution in [1.29, 1.82) is 0 Å². The Morgan fingerprint density at radius 3 is 0.375 bits per heavy atom. The Kier molecular flexibility index (Phi) is 266. The van der Waals surface area contributed by atoms with Gasteiger partial charge in [0.05, 0.1) is 0 Å². The molecule has 0 heterocycles. The monoisotopic (exact) mass is 494 g/mol. The van der Waals surface area contributed by atoms with E-state index in [1.165, 1.54) is 0 Å². The van der Waals surface area contributed by atoms with Gasteiger partial charge in [0.25, 0.3) is 0 Å². The van der Waals surface area contributed by atoms with Gasteiger partial charge in [0.2, 0.25) is 0 Å². The average Bonchev–Trinajstić information content (AvgIpc) is 2.38. The predicted octanol–water partition coefficient (Wildman–Crippen LogP) is 1.94. The summed E-state index contributed by atoms with van der Waals surface area (Å²) in [5, 5.41) is 62.5. The molecule has 0 amide bonds. The van der Waals surface area contributed by atoms with Crippen molar-refractivity contribution in [1.82, 2.24) is 12.3 Å². The van der Waals surface area contributed by atoms with E-state index in [4.69, 9.17) is 40.9 Å². The molecule has 0 saturated heterocycles. The van der Waals surface area contributed by atoms with E-state index in [1.54, 1.807) is 83.1 Å². The summed E-state index contributed by atoms with van der Waals surface area (Å²) in [6.07, 6.45) is -0.667. The first-order valence-corrected chi connectivity index (χ1v) is 9.74. The molecule has 0 rings (SSSR count). The molecular formula is C20H66N2O10. The lowest BCUT2D eigenvalue weighted by atomic mass is 10.5. The number of aliphatic hydroxyl groups excluding tert-OH is 8. The molecule has 0 atom stereocenters. The first-order chi connectivity index (χ1) is 12.6. The molecule has 0 aromatic carbocycles. The lowest BCUT2D eigenvalue weighted by molar-refractivity contribution is 0.215. The summed E-state index contributed by atoms with van der Waals surface area (Å²) in [6, 6.07) is 0. The highest BCUT2D eigenvalue weighted by molar-refractivity contribution is 4.21. The summed E-state index contributed by atoms with van der Waals surface area (Å²) >= 11 is 0. The van der Waals surface area contributed by atoms with Crippen molar-refractivity contribution in [3.05, 3.63) is 0 Å². The van der Waals surface area contributed by atoms with Gasteiger partial charge in [0, 0.05) is 50.8 Å². The van der Waals surface area contributed by atoms with Gasteiger partial charge in [0.15, 0.2) is 0 Å². The average molecular weight is 495 g/mol. The van der Waals surface area contributed by atoms with Crippen LogP contribution in [0.25, 0.3) is 0 Å². The van der Waals surface area contributed by atoms with E-state index >= 15 is 0 Å². The fourth-order valence-electron chi connectivity index (χ4n) is 0. The predicted molar refractivity (Wildman–Crippen MR) is 136 cm³/mol. The first-order valence-electron chi connectivity index (χ1n) is 9.74. The number of hydrogen-bond acceptors (Lipinski definition) is 10. The maximum atomic E-state index is 8.06. The normalized spacial score (nSPS) is 6.75. The molecule has 0 aliphatic rings. The quantitative estimate of drug-likeness (QED) is 0.233. The van der Waals surface area contributed by atoms with Crippen LogP contribution in [-0.4, -0.2) is 103 Å². The molecule has 216 valence electrons. The molecule has 0 aliphatic heterocycles. The van der Waals surface area contributed by atoms with Gasteiger partial charge in [-0.15, -0.1) is 0 Å². The van der Waals surface area contributed by atoms with Crippen LogP contribution in [-0.2, 0) is 0 Å². The highest BCUT2D eigenvalue weighted by Gasteiger charge is 1.70. The SMILES string of the molecule is CC(C)O.CC(C)O.CC(C)O.CC(C)O.CCO.CCO.CCO.CCO.[NH4+].[NH4+].[OH-].[OH-]. The van der Waals surface area contributed by atoms with Gasteiger partial charge in [-0.25, -0.2) is 0 Å². The number of hydrogen-bond donors (Lipinski definition) is 10. The van der Waals surface area contributed by atoms with E-state index in [1.807, 2.05) is 0 Å². The highest BCUT2D eigenvalue weighted by atomic mass is 16.3. The van der Waals surface area contributed by atoms with Crippen LogP contribution in [0.2, 0.25) is 0 Å². The smallest absolute Gasteiger partial charge is 0.0483 e. The summed E-state index contributed by atoms with van der Waals surface area (Å²) in [6.45, 7) is 21.5. The van der Waals surface area contributed by atoms with Crippen LogP contribution in [0.15, 0.2) is 0 Å². The van der Waals surface area contributed by atoms with Crippen LogP contribution in [0.5, 0.6) is 0 Å². The molecule has 0 spiro atoms. The van der Waals surface area contributed by atoms with Crippen molar-refractivity contribution in [3.8, 4) is 0 Å². The largest absolute Gasteiger partial charge is 0.870 e. The van der Waals surface area contributed by atoms with Crippen LogP contribution in [0.1, 0.15) is 83.1 Å². The highest BCUT2D eigenvalue weighted by Crippen LogP contribution is 1.66. The fourth-order valence-corrected chi connectivity index (χ4v) is 0. The summed E-state index contributed by atoms with van der Waals surface area (Å²) in [5.41, 5.74) is 0. The molecular weight excluding hydrogens is 428 g/mol. The topological polar surface area (TPSA) is 295 Å². The van der Waals surface area contributed by atoms with Gasteiger partial charge < -0.3 is 64.1 Å². The van der Waals surface area contributed by atoms with E-state index in [0.717, 1.165) is 0 Å². The molecule has 18 N–H and O–H groups in total. The van der Waals surface area contributed by atoms with Gasteiger partial charge >= 0.3 is 0 Å². The van der Waals surface area contributed by atoms with Crippen molar-refractivity contribution < 1.29 is 51.8 Å². The van der Waals surface area contributed by atoms with Gasteiger partial charge in [-0.2, -0.15) is 0 Å². The molecule has 0 bridgehead atoms. The summed E-state index contributed by atoms with van der Waals surface area (Å²) in [4.78, 5) is 0. The van der Waals surface area contributed by atoms with Crippen LogP contribution in [0.4, 0.5) is 0 Å². The minimum atomic E-state index is -0.167. The molecule has 0 radical (unpaired) electrons. The lowest BCUT2D eigenvalue weighted by Crippen LogP contribution is -1.85. The van der Waals surface area contributed by atoms with E-state index < -0.39 is 0 Å². The summed E-state index contributed by atoms with van der Waals surface area (Å²) in [7, 11) is 0. The third kappa shape index (κ3) is 104000. The maximum absolute atomic E-state index is 8.06. The van der Waals surface area contributed by atoms with E-state index in [2.05, 4.69) is 0 Å². The minimum Gasteiger partial charge on any atom is -0.870 e. The zero-order valence-corrected chi connectivity index (χ0v) is 23.6. The van der Waals surface area contributed by atoms with Crippen molar-refractivity contribution in [2.45, 2.75) is 108 Å². The molecule has 0 aliphatic carbocycles. The Balaban J connectivity index is -0.0000000141. The van der Waals surface area contributed by atoms with Crippen molar-refractivity contribution in [2.75, 3.05) is 26.4 Å². The fraction of sp³-hybridized carbons (Fsp3) is 1.00. The molecule has 0 fully saturated rings. The summed E-state index contributed by atoms with van der Waals surface area (Å²) in [5.74, 6) is 0. The van der Waals surface area contributed by atoms with Gasteiger partial charge in [0.1, 0.15) is 0 Å². The van der Waals surface area contributed by atoms with Crippen molar-refractivity contribution in [3.63, 3.8) is 0 Å². The summed E-state index contributed by atoms with van der Waals surface area (Å²) < 4.78 is 0. The van der Waals surface area contributed by atoms with Gasteiger partial charge in [-0.1, -0.05) is 0 Å². The standard InChI is InChI=1S/4C3H8O.4C2H6O.2H3N.2H2O/c4*1-3(2)4;4*1-2-3;;;;/h4*3-4H,1-2H3;4*3H,2H2,1H3;2*1H3;2*1H2. The Bertz CT molecular complexity index is 115. The molecule has 32 heavy (non-hydrogen) atoms. The first kappa shape index (κ1) is 77.1. The van der Waals surface area contributed by atoms with Crippen LogP contribution < -0.4 is 12.3 Å². The maximum Gasteiger partial charge on any atom is 0.0483 e. The second-order valence-electron chi connectivity index (χ2n) is 5.64. The molecule has 0 saturated carbocycles. The minimum absolute atomic E-state index is 0. The van der Waals surface area contributed by atoms with Crippen LogP contribution in [0, 0.1) is 0 Å². The van der Waals surface area contributed by atoms with E-state index in [0.29, 0.717) is 0 Å². The third-order valence-electron chi connectivity index (χ3n) is 0. The van der Waals surface area contributed by atoms with Crippen LogP contribution in [0.3, 0.4) is 0 Å². The second kappa shape index (κ2) is 110. The molecule has 0 unspecified atom stereocenters. The third-order valence-corrected chi connectivity index (χ3v) is 0. The Labute approximate surface area is 198 Å². The number of rotatable bonds is 0.